The molecule has 0 aliphatic carbocycles. The molecule has 206 valence electrons. The summed E-state index contributed by atoms with van der Waals surface area (Å²) in [7, 11) is 0. The quantitative estimate of drug-likeness (QED) is 0.399. The van der Waals surface area contributed by atoms with Crippen molar-refractivity contribution in [2.24, 2.45) is 0 Å². The number of ether oxygens (including phenoxy) is 2. The number of fused-ring (bicyclic) bond motifs is 5. The second-order valence-electron chi connectivity index (χ2n) is 10.8. The van der Waals surface area contributed by atoms with E-state index in [1.807, 2.05) is 52.5 Å². The van der Waals surface area contributed by atoms with E-state index in [1.165, 1.54) is 16.7 Å². The van der Waals surface area contributed by atoms with E-state index in [1.54, 1.807) is 0 Å². The molecule has 3 unspecified atom stereocenters. The SMILES string of the molecule is CC1CCCCc2ccccc2C(c2ccccc2)N2CN1C(=O)/C1=C(\OCc3ccccc3)COC/C=C\N12. The van der Waals surface area contributed by atoms with Gasteiger partial charge in [-0.1, -0.05) is 91.3 Å². The number of carbonyl (C=O) groups is 1. The molecule has 0 aromatic heterocycles. The normalized spacial score (nSPS) is 26.0. The van der Waals surface area contributed by atoms with Crippen molar-refractivity contribution in [3.8, 4) is 0 Å². The van der Waals surface area contributed by atoms with E-state index in [0.717, 1.165) is 31.2 Å². The van der Waals surface area contributed by atoms with Crippen LogP contribution in [-0.2, 0) is 27.3 Å². The summed E-state index contributed by atoms with van der Waals surface area (Å²) in [4.78, 5) is 16.4. The Kier molecular flexibility index (Phi) is 7.98. The standard InChI is InChI=1S/C34H37N3O3/c1-26-13-8-9-16-28-17-10-11-20-30(28)32(29-18-6-3-7-19-29)37-25-35(26)34(38)33-31(24-39-22-12-21-36(33)37)40-23-27-14-4-2-5-15-27/h2-7,10-12,14-15,17-21,26,32H,8-9,13,16,22-25H2,1H3/b21-12-,33-31+. The minimum atomic E-state index is -0.0892. The minimum absolute atomic E-state index is 0.0127. The molecule has 40 heavy (non-hydrogen) atoms. The monoisotopic (exact) mass is 535 g/mol. The summed E-state index contributed by atoms with van der Waals surface area (Å²) in [5.41, 5.74) is 5.40. The number of benzene rings is 3. The van der Waals surface area contributed by atoms with Crippen molar-refractivity contribution >= 4 is 5.91 Å². The zero-order chi connectivity index (χ0) is 27.3. The number of aryl methyl sites for hydroxylation is 1. The molecule has 6 rings (SSSR count). The van der Waals surface area contributed by atoms with Gasteiger partial charge in [-0.15, -0.1) is 0 Å². The molecule has 0 N–H and O–H groups in total. The summed E-state index contributed by atoms with van der Waals surface area (Å²) in [5.74, 6) is 0.552. The summed E-state index contributed by atoms with van der Waals surface area (Å²) in [6, 6.07) is 29.5. The van der Waals surface area contributed by atoms with E-state index in [0.29, 0.717) is 31.3 Å². The number of nitrogens with zero attached hydrogens (tertiary/aromatic N) is 3. The van der Waals surface area contributed by atoms with Gasteiger partial charge in [-0.2, -0.15) is 5.01 Å². The van der Waals surface area contributed by atoms with Crippen LogP contribution >= 0.6 is 0 Å². The van der Waals surface area contributed by atoms with Crippen molar-refractivity contribution in [1.82, 2.24) is 14.9 Å². The van der Waals surface area contributed by atoms with Gasteiger partial charge in [0.25, 0.3) is 5.91 Å². The molecule has 1 saturated heterocycles. The number of hydrazine groups is 1. The summed E-state index contributed by atoms with van der Waals surface area (Å²) in [6.45, 7) is 3.70. The highest BCUT2D eigenvalue weighted by Gasteiger charge is 2.43. The van der Waals surface area contributed by atoms with Crippen molar-refractivity contribution in [3.63, 3.8) is 0 Å². The zero-order valence-electron chi connectivity index (χ0n) is 23.1. The number of amides is 1. The molecule has 2 bridgehead atoms. The Balaban J connectivity index is 1.52. The van der Waals surface area contributed by atoms with Gasteiger partial charge in [-0.3, -0.25) is 9.80 Å². The van der Waals surface area contributed by atoms with Crippen molar-refractivity contribution in [1.29, 1.82) is 0 Å². The van der Waals surface area contributed by atoms with Crippen LogP contribution < -0.4 is 0 Å². The second kappa shape index (κ2) is 12.1. The molecule has 6 nitrogen and oxygen atoms in total. The Labute approximate surface area is 237 Å². The summed E-state index contributed by atoms with van der Waals surface area (Å²) >= 11 is 0. The Morgan fingerprint density at radius 3 is 2.50 bits per heavy atom. The average molecular weight is 536 g/mol. The maximum absolute atomic E-state index is 14.3. The van der Waals surface area contributed by atoms with Crippen molar-refractivity contribution < 1.29 is 14.3 Å². The lowest BCUT2D eigenvalue weighted by Crippen LogP contribution is -2.60. The van der Waals surface area contributed by atoms with Crippen LogP contribution in [0.5, 0.6) is 0 Å². The third kappa shape index (κ3) is 5.42. The van der Waals surface area contributed by atoms with Crippen LogP contribution in [-0.4, -0.2) is 46.7 Å². The van der Waals surface area contributed by atoms with Gasteiger partial charge >= 0.3 is 0 Å². The van der Waals surface area contributed by atoms with Gasteiger partial charge in [0, 0.05) is 12.2 Å². The van der Waals surface area contributed by atoms with Crippen LogP contribution in [0.25, 0.3) is 0 Å². The lowest BCUT2D eigenvalue weighted by Gasteiger charge is -2.50. The lowest BCUT2D eigenvalue weighted by molar-refractivity contribution is -0.153. The minimum Gasteiger partial charge on any atom is -0.488 e. The number of hydrogen-bond donors (Lipinski definition) is 0. The number of carbonyl (C=O) groups excluding carboxylic acids is 1. The van der Waals surface area contributed by atoms with Gasteiger partial charge in [-0.25, -0.2) is 0 Å². The molecule has 0 saturated carbocycles. The third-order valence-corrected chi connectivity index (χ3v) is 8.09. The first-order valence-electron chi connectivity index (χ1n) is 14.3. The predicted octanol–water partition coefficient (Wildman–Crippen LogP) is 6.18. The molecule has 3 aromatic rings. The van der Waals surface area contributed by atoms with Crippen LogP contribution in [0.4, 0.5) is 0 Å². The molecule has 0 spiro atoms. The molecular weight excluding hydrogens is 498 g/mol. The molecule has 3 heterocycles. The largest absolute Gasteiger partial charge is 0.488 e. The number of rotatable bonds is 4. The lowest BCUT2D eigenvalue weighted by atomic mass is 9.91. The highest BCUT2D eigenvalue weighted by Crippen LogP contribution is 2.39. The average Bonchev–Trinajstić information content (AvgIpc) is 3.00. The fraction of sp³-hybridized carbons (Fsp3) is 0.324. The topological polar surface area (TPSA) is 45.3 Å². The third-order valence-electron chi connectivity index (χ3n) is 8.09. The molecule has 3 atom stereocenters. The molecule has 6 heteroatoms. The molecule has 1 amide bonds. The van der Waals surface area contributed by atoms with E-state index in [2.05, 4.69) is 66.5 Å². The van der Waals surface area contributed by atoms with Gasteiger partial charge in [0.05, 0.1) is 19.3 Å². The van der Waals surface area contributed by atoms with E-state index < -0.39 is 0 Å². The zero-order valence-corrected chi connectivity index (χ0v) is 23.1. The summed E-state index contributed by atoms with van der Waals surface area (Å²) in [5, 5.41) is 4.38. The molecule has 1 fully saturated rings. The van der Waals surface area contributed by atoms with Gasteiger partial charge in [-0.05, 0) is 54.5 Å². The Bertz CT molecular complexity index is 1370. The van der Waals surface area contributed by atoms with Gasteiger partial charge < -0.3 is 14.4 Å². The maximum Gasteiger partial charge on any atom is 0.276 e. The first kappa shape index (κ1) is 26.4. The number of hydrogen-bond acceptors (Lipinski definition) is 5. The van der Waals surface area contributed by atoms with Crippen LogP contribution in [0, 0.1) is 0 Å². The van der Waals surface area contributed by atoms with E-state index in [9.17, 15) is 4.79 Å². The highest BCUT2D eigenvalue weighted by molar-refractivity contribution is 5.94. The van der Waals surface area contributed by atoms with Crippen molar-refractivity contribution in [3.05, 3.63) is 131 Å². The maximum atomic E-state index is 14.3. The second-order valence-corrected chi connectivity index (χ2v) is 10.8. The van der Waals surface area contributed by atoms with E-state index >= 15 is 0 Å². The van der Waals surface area contributed by atoms with Crippen LogP contribution in [0.3, 0.4) is 0 Å². The highest BCUT2D eigenvalue weighted by atomic mass is 16.5. The first-order valence-corrected chi connectivity index (χ1v) is 14.3. The van der Waals surface area contributed by atoms with Crippen LogP contribution in [0.1, 0.15) is 54.5 Å². The Hall–Kier alpha value is -3.87. The van der Waals surface area contributed by atoms with Crippen molar-refractivity contribution in [2.75, 3.05) is 19.9 Å². The van der Waals surface area contributed by atoms with Crippen LogP contribution in [0.15, 0.2) is 109 Å². The molecule has 3 aliphatic heterocycles. The molecule has 3 aliphatic rings. The Morgan fingerprint density at radius 1 is 0.925 bits per heavy atom. The fourth-order valence-corrected chi connectivity index (χ4v) is 5.98. The summed E-state index contributed by atoms with van der Waals surface area (Å²) < 4.78 is 12.3. The smallest absolute Gasteiger partial charge is 0.276 e. The first-order chi connectivity index (χ1) is 19.7. The van der Waals surface area contributed by atoms with Gasteiger partial charge in [0.2, 0.25) is 0 Å². The molecular formula is C34H37N3O3. The van der Waals surface area contributed by atoms with Crippen LogP contribution in [0.2, 0.25) is 0 Å². The van der Waals surface area contributed by atoms with E-state index in [4.69, 9.17) is 9.47 Å². The summed E-state index contributed by atoms with van der Waals surface area (Å²) in [6.07, 6.45) is 8.11. The molecule has 3 aromatic carbocycles. The predicted molar refractivity (Wildman–Crippen MR) is 155 cm³/mol. The van der Waals surface area contributed by atoms with Crippen molar-refractivity contribution in [2.45, 2.75) is 51.3 Å². The fourth-order valence-electron chi connectivity index (χ4n) is 5.98. The van der Waals surface area contributed by atoms with E-state index in [-0.39, 0.29) is 24.6 Å². The molecule has 0 radical (unpaired) electrons. The van der Waals surface area contributed by atoms with Gasteiger partial charge in [0.15, 0.2) is 11.5 Å². The van der Waals surface area contributed by atoms with Gasteiger partial charge in [0.1, 0.15) is 13.2 Å². The Morgan fingerprint density at radius 2 is 1.68 bits per heavy atom.